The lowest BCUT2D eigenvalue weighted by Gasteiger charge is -2.13. The second kappa shape index (κ2) is 4.07. The molecule has 5 rings (SSSR count). The lowest BCUT2D eigenvalue weighted by Crippen LogP contribution is -2.03. The van der Waals surface area contributed by atoms with Gasteiger partial charge in [0.05, 0.1) is 0 Å². The zero-order valence-corrected chi connectivity index (χ0v) is 11.8. The predicted octanol–water partition coefficient (Wildman–Crippen LogP) is 4.23. The normalized spacial score (nSPS) is 20.3. The largest absolute Gasteiger partial charge is 0.385 e. The van der Waals surface area contributed by atoms with Gasteiger partial charge in [-0.25, -0.2) is 0 Å². The number of rotatable bonds is 0. The van der Waals surface area contributed by atoms with Gasteiger partial charge in [-0.2, -0.15) is 0 Å². The SMILES string of the molecule is O[C@@H]1c2cccc3cc4c(ccc5ccccc54)c(c23)[C@H]1O. The molecule has 0 radical (unpaired) electrons. The highest BCUT2D eigenvalue weighted by Crippen LogP contribution is 2.48. The number of hydrogen-bond acceptors (Lipinski definition) is 2. The zero-order valence-electron chi connectivity index (χ0n) is 11.8. The van der Waals surface area contributed by atoms with Gasteiger partial charge in [0.1, 0.15) is 12.2 Å². The van der Waals surface area contributed by atoms with Crippen molar-refractivity contribution in [3.8, 4) is 0 Å². The Morgan fingerprint density at radius 2 is 1.45 bits per heavy atom. The van der Waals surface area contributed by atoms with Gasteiger partial charge in [-0.15, -0.1) is 0 Å². The van der Waals surface area contributed by atoms with Gasteiger partial charge in [0.15, 0.2) is 0 Å². The van der Waals surface area contributed by atoms with E-state index in [0.717, 1.165) is 32.7 Å². The topological polar surface area (TPSA) is 40.5 Å². The van der Waals surface area contributed by atoms with Crippen LogP contribution in [-0.4, -0.2) is 10.2 Å². The molecule has 2 N–H and O–H groups in total. The van der Waals surface area contributed by atoms with Gasteiger partial charge in [-0.1, -0.05) is 54.6 Å². The first-order valence-corrected chi connectivity index (χ1v) is 7.49. The minimum Gasteiger partial charge on any atom is -0.385 e. The van der Waals surface area contributed by atoms with Crippen LogP contribution in [0.2, 0.25) is 0 Å². The van der Waals surface area contributed by atoms with E-state index >= 15 is 0 Å². The fourth-order valence-electron chi connectivity index (χ4n) is 3.88. The van der Waals surface area contributed by atoms with Crippen LogP contribution in [0.4, 0.5) is 0 Å². The average Bonchev–Trinajstić information content (AvgIpc) is 2.82. The molecule has 0 fully saturated rings. The minimum atomic E-state index is -0.857. The van der Waals surface area contributed by atoms with E-state index in [2.05, 4.69) is 30.3 Å². The molecule has 0 aromatic heterocycles. The van der Waals surface area contributed by atoms with Crippen molar-refractivity contribution < 1.29 is 10.2 Å². The van der Waals surface area contributed by atoms with Crippen LogP contribution in [0.1, 0.15) is 23.3 Å². The third kappa shape index (κ3) is 1.36. The van der Waals surface area contributed by atoms with Crippen molar-refractivity contribution in [2.45, 2.75) is 12.2 Å². The van der Waals surface area contributed by atoms with Gasteiger partial charge in [-0.05, 0) is 49.5 Å². The van der Waals surface area contributed by atoms with Gasteiger partial charge in [0.25, 0.3) is 0 Å². The number of benzene rings is 4. The lowest BCUT2D eigenvalue weighted by molar-refractivity contribution is 0.0261. The number of aliphatic hydroxyl groups excluding tert-OH is 2. The molecule has 22 heavy (non-hydrogen) atoms. The quantitative estimate of drug-likeness (QED) is 0.375. The molecule has 0 saturated carbocycles. The van der Waals surface area contributed by atoms with E-state index in [-0.39, 0.29) is 0 Å². The Balaban J connectivity index is 2.08. The molecular formula is C20H14O2. The van der Waals surface area contributed by atoms with Crippen molar-refractivity contribution in [3.63, 3.8) is 0 Å². The Labute approximate surface area is 127 Å². The molecule has 2 heteroatoms. The molecule has 0 aliphatic heterocycles. The summed E-state index contributed by atoms with van der Waals surface area (Å²) in [6.45, 7) is 0. The molecule has 0 saturated heterocycles. The molecule has 0 heterocycles. The van der Waals surface area contributed by atoms with E-state index < -0.39 is 12.2 Å². The number of hydrogen-bond donors (Lipinski definition) is 2. The first-order chi connectivity index (χ1) is 10.8. The summed E-state index contributed by atoms with van der Waals surface area (Å²) in [5, 5.41) is 27.5. The van der Waals surface area contributed by atoms with Gasteiger partial charge < -0.3 is 10.2 Å². The van der Waals surface area contributed by atoms with Crippen molar-refractivity contribution in [2.24, 2.45) is 0 Å². The monoisotopic (exact) mass is 286 g/mol. The van der Waals surface area contributed by atoms with Crippen molar-refractivity contribution in [3.05, 3.63) is 71.8 Å². The van der Waals surface area contributed by atoms with Gasteiger partial charge in [0.2, 0.25) is 0 Å². The Bertz CT molecular complexity index is 1070. The molecule has 0 spiro atoms. The molecule has 1 aliphatic rings. The highest BCUT2D eigenvalue weighted by Gasteiger charge is 2.33. The van der Waals surface area contributed by atoms with Crippen LogP contribution in [0.3, 0.4) is 0 Å². The van der Waals surface area contributed by atoms with E-state index in [9.17, 15) is 10.2 Å². The molecule has 0 bridgehead atoms. The Morgan fingerprint density at radius 3 is 2.36 bits per heavy atom. The molecule has 4 aromatic carbocycles. The van der Waals surface area contributed by atoms with Crippen LogP contribution in [0.5, 0.6) is 0 Å². The fourth-order valence-corrected chi connectivity index (χ4v) is 3.88. The van der Waals surface area contributed by atoms with Crippen molar-refractivity contribution in [2.75, 3.05) is 0 Å². The first kappa shape index (κ1) is 12.2. The molecule has 0 amide bonds. The maximum atomic E-state index is 10.6. The summed E-state index contributed by atoms with van der Waals surface area (Å²) < 4.78 is 0. The molecule has 2 atom stereocenters. The van der Waals surface area contributed by atoms with E-state index in [1.54, 1.807) is 0 Å². The molecule has 2 nitrogen and oxygen atoms in total. The summed E-state index contributed by atoms with van der Waals surface area (Å²) in [6.07, 6.45) is -1.69. The van der Waals surface area contributed by atoms with Crippen molar-refractivity contribution in [1.82, 2.24) is 0 Å². The highest BCUT2D eigenvalue weighted by molar-refractivity contribution is 6.15. The van der Waals surface area contributed by atoms with Crippen LogP contribution >= 0.6 is 0 Å². The number of aliphatic hydroxyl groups is 2. The number of fused-ring (bicyclic) bond motifs is 4. The second-order valence-corrected chi connectivity index (χ2v) is 6.01. The van der Waals surface area contributed by atoms with Crippen LogP contribution in [0.25, 0.3) is 32.3 Å². The molecule has 1 aliphatic carbocycles. The van der Waals surface area contributed by atoms with Gasteiger partial charge in [-0.3, -0.25) is 0 Å². The molecule has 106 valence electrons. The van der Waals surface area contributed by atoms with E-state index in [4.69, 9.17) is 0 Å². The van der Waals surface area contributed by atoms with Crippen molar-refractivity contribution in [1.29, 1.82) is 0 Å². The standard InChI is InChI=1S/C20H14O2/c21-19-15-7-3-5-12-10-16-13-6-2-1-4-11(13)8-9-14(16)18(17(12)15)20(19)22/h1-10,19-22H/t19-,20-/m1/s1. The first-order valence-electron chi connectivity index (χ1n) is 7.49. The maximum Gasteiger partial charge on any atom is 0.110 e. The van der Waals surface area contributed by atoms with Gasteiger partial charge >= 0.3 is 0 Å². The van der Waals surface area contributed by atoms with Crippen LogP contribution in [-0.2, 0) is 0 Å². The summed E-state index contributed by atoms with van der Waals surface area (Å²) in [4.78, 5) is 0. The highest BCUT2D eigenvalue weighted by atomic mass is 16.3. The lowest BCUT2D eigenvalue weighted by atomic mass is 9.94. The zero-order chi connectivity index (χ0) is 14.8. The Kier molecular flexibility index (Phi) is 2.25. The summed E-state index contributed by atoms with van der Waals surface area (Å²) in [7, 11) is 0. The van der Waals surface area contributed by atoms with E-state index in [1.165, 1.54) is 10.8 Å². The summed E-state index contributed by atoms with van der Waals surface area (Å²) in [5.41, 5.74) is 1.69. The maximum absolute atomic E-state index is 10.6. The third-order valence-corrected chi connectivity index (χ3v) is 4.87. The fraction of sp³-hybridized carbons (Fsp3) is 0.100. The molecular weight excluding hydrogens is 272 g/mol. The van der Waals surface area contributed by atoms with Gasteiger partial charge in [0, 0.05) is 0 Å². The third-order valence-electron chi connectivity index (χ3n) is 4.87. The predicted molar refractivity (Wildman–Crippen MR) is 88.9 cm³/mol. The van der Waals surface area contributed by atoms with E-state index in [1.807, 2.05) is 30.3 Å². The summed E-state index contributed by atoms with van der Waals surface area (Å²) >= 11 is 0. The van der Waals surface area contributed by atoms with Crippen LogP contribution in [0.15, 0.2) is 60.7 Å². The molecule has 0 unspecified atom stereocenters. The molecule has 4 aromatic rings. The Hall–Kier alpha value is -2.42. The van der Waals surface area contributed by atoms with Crippen LogP contribution in [0, 0.1) is 0 Å². The Morgan fingerprint density at radius 1 is 0.636 bits per heavy atom. The van der Waals surface area contributed by atoms with Crippen molar-refractivity contribution >= 4 is 32.3 Å². The van der Waals surface area contributed by atoms with Crippen LogP contribution < -0.4 is 0 Å². The summed E-state index contributed by atoms with van der Waals surface area (Å²) in [6, 6.07) is 20.5. The second-order valence-electron chi connectivity index (χ2n) is 6.01. The summed E-state index contributed by atoms with van der Waals surface area (Å²) in [5.74, 6) is 0. The van der Waals surface area contributed by atoms with E-state index in [0.29, 0.717) is 0 Å². The smallest absolute Gasteiger partial charge is 0.110 e. The average molecular weight is 286 g/mol. The minimum absolute atomic E-state index is 0.829.